The minimum atomic E-state index is -1.84. The zero-order valence-corrected chi connectivity index (χ0v) is 38.5. The summed E-state index contributed by atoms with van der Waals surface area (Å²) in [7, 11) is 3.83. The highest BCUT2D eigenvalue weighted by Gasteiger charge is 2.51. The fourth-order valence-electron chi connectivity index (χ4n) is 9.07. The Morgan fingerprint density at radius 2 is 1.54 bits per heavy atom. The summed E-state index contributed by atoms with van der Waals surface area (Å²) < 4.78 is 25.6. The lowest BCUT2D eigenvalue weighted by molar-refractivity contribution is -0.296. The van der Waals surface area contributed by atoms with Crippen molar-refractivity contribution in [3.8, 4) is 0 Å². The molecule has 13 heteroatoms. The van der Waals surface area contributed by atoms with Crippen LogP contribution in [0.1, 0.15) is 106 Å². The first kappa shape index (κ1) is 50.1. The van der Waals surface area contributed by atoms with E-state index in [1.807, 2.05) is 95.2 Å². The van der Waals surface area contributed by atoms with Crippen LogP contribution in [0.15, 0.2) is 65.8 Å². The smallest absolute Gasteiger partial charge is 0.407 e. The second-order valence-corrected chi connectivity index (χ2v) is 18.4. The van der Waals surface area contributed by atoms with E-state index in [1.165, 1.54) is 12.5 Å². The number of aryl methyl sites for hydroxylation is 1. The molecular weight excluding hydrogens is 779 g/mol. The van der Waals surface area contributed by atoms with Gasteiger partial charge in [-0.25, -0.2) is 4.79 Å². The summed E-state index contributed by atoms with van der Waals surface area (Å²) in [6.45, 7) is 16.8. The topological polar surface area (TPSA) is 169 Å². The molecule has 61 heavy (non-hydrogen) atoms. The lowest BCUT2D eigenvalue weighted by Gasteiger charge is -2.48. The van der Waals surface area contributed by atoms with Crippen molar-refractivity contribution in [2.24, 2.45) is 34.7 Å². The van der Waals surface area contributed by atoms with Gasteiger partial charge in [0.1, 0.15) is 18.3 Å². The molecular formula is C48H75N3O10. The van der Waals surface area contributed by atoms with Crippen molar-refractivity contribution < 1.29 is 48.7 Å². The van der Waals surface area contributed by atoms with Gasteiger partial charge in [-0.15, -0.1) is 0 Å². The minimum absolute atomic E-state index is 0.0998. The number of carbonyl (C=O) groups excluding carboxylic acids is 2. The molecule has 2 saturated heterocycles. The molecule has 0 saturated carbocycles. The number of nitrogens with one attached hydrogen (secondary N) is 1. The maximum atomic E-state index is 13.9. The summed E-state index contributed by atoms with van der Waals surface area (Å²) in [5, 5.41) is 44.0. The second-order valence-electron chi connectivity index (χ2n) is 18.4. The molecule has 2 aliphatic rings. The van der Waals surface area contributed by atoms with Crippen molar-refractivity contribution in [3.63, 3.8) is 0 Å². The van der Waals surface area contributed by atoms with Crippen LogP contribution in [0.5, 0.6) is 0 Å². The molecule has 342 valence electrons. The van der Waals surface area contributed by atoms with Gasteiger partial charge in [-0.05, 0) is 96.4 Å². The third-order valence-corrected chi connectivity index (χ3v) is 13.1. The molecule has 2 aromatic carbocycles. The lowest BCUT2D eigenvalue weighted by Crippen LogP contribution is -2.60. The van der Waals surface area contributed by atoms with Gasteiger partial charge in [0, 0.05) is 18.4 Å². The summed E-state index contributed by atoms with van der Waals surface area (Å²) in [4.78, 5) is 35.3. The number of cyclic esters (lactones) is 1. The molecule has 1 amide bonds. The van der Waals surface area contributed by atoms with Gasteiger partial charge < -0.3 is 49.3 Å². The van der Waals surface area contributed by atoms with E-state index in [4.69, 9.17) is 23.8 Å². The van der Waals surface area contributed by atoms with Crippen LogP contribution in [-0.4, -0.2) is 113 Å². The normalized spacial score (nSPS) is 36.2. The summed E-state index contributed by atoms with van der Waals surface area (Å²) in [5.74, 6) is -3.41. The van der Waals surface area contributed by atoms with Gasteiger partial charge in [0.2, 0.25) is 0 Å². The summed E-state index contributed by atoms with van der Waals surface area (Å²) in [6.07, 6.45) is -2.85. The zero-order chi connectivity index (χ0) is 45.1. The molecule has 14 atom stereocenters. The number of oxime groups is 1. The molecule has 0 bridgehead atoms. The van der Waals surface area contributed by atoms with E-state index in [-0.39, 0.29) is 31.5 Å². The molecule has 2 heterocycles. The van der Waals surface area contributed by atoms with E-state index in [2.05, 4.69) is 22.6 Å². The number of amides is 1. The van der Waals surface area contributed by atoms with Crippen LogP contribution in [-0.2, 0) is 41.5 Å². The van der Waals surface area contributed by atoms with E-state index in [9.17, 15) is 24.9 Å². The number of alkyl carbamates (subject to hydrolysis) is 1. The Bertz CT molecular complexity index is 1670. The van der Waals surface area contributed by atoms with Gasteiger partial charge in [0.25, 0.3) is 0 Å². The number of carbonyl (C=O) groups is 2. The monoisotopic (exact) mass is 854 g/mol. The average Bonchev–Trinajstić information content (AvgIpc) is 3.22. The Labute approximate surface area is 364 Å². The van der Waals surface area contributed by atoms with E-state index in [0.717, 1.165) is 24.8 Å². The quantitative estimate of drug-likeness (QED) is 0.0941. The number of likely N-dealkylation sites (N-methyl/N-ethyl adjacent to an activating group) is 1. The summed E-state index contributed by atoms with van der Waals surface area (Å²) in [5.41, 5.74) is -0.849. The van der Waals surface area contributed by atoms with Crippen molar-refractivity contribution in [1.82, 2.24) is 10.2 Å². The van der Waals surface area contributed by atoms with Gasteiger partial charge in [0.05, 0.1) is 41.6 Å². The second kappa shape index (κ2) is 22.7. The third kappa shape index (κ3) is 13.5. The van der Waals surface area contributed by atoms with Gasteiger partial charge in [-0.2, -0.15) is 0 Å². The van der Waals surface area contributed by atoms with E-state index in [0.29, 0.717) is 18.7 Å². The van der Waals surface area contributed by atoms with Gasteiger partial charge in [0.15, 0.2) is 12.4 Å². The van der Waals surface area contributed by atoms with Crippen molar-refractivity contribution in [2.75, 3.05) is 20.7 Å². The Morgan fingerprint density at radius 1 is 0.918 bits per heavy atom. The van der Waals surface area contributed by atoms with Crippen molar-refractivity contribution in [2.45, 2.75) is 161 Å². The van der Waals surface area contributed by atoms with Crippen LogP contribution in [0.2, 0.25) is 0 Å². The highest BCUT2D eigenvalue weighted by Crippen LogP contribution is 2.40. The number of benzene rings is 2. The molecule has 2 aromatic rings. The van der Waals surface area contributed by atoms with E-state index >= 15 is 0 Å². The molecule has 2 fully saturated rings. The molecule has 0 aromatic heterocycles. The Morgan fingerprint density at radius 3 is 2.15 bits per heavy atom. The zero-order valence-electron chi connectivity index (χ0n) is 38.5. The van der Waals surface area contributed by atoms with Crippen LogP contribution in [0, 0.1) is 29.6 Å². The standard InChI is InChI=1S/C48H75N3O10/c1-12-39-48(9,56)42(52)35(7)40(50-57-26-20-19-23-36-21-15-13-16-22-36)30(2)28-47(8,55)43(33(5)32(4)34(6)44(53)59-39)61-45-41(38(51(10)11)27-31(3)58-45)60-46(54)49-29-37-24-17-14-18-25-37/h13-18,21-22,24-25,30-35,38-39,41-43,45,52,55-56H,12,19-20,23,26-29H2,1-11H3,(H,49,54)/b50-40-/t30-,31-,32+,33+,34-,35+,38+,39-,41-,42-,43-,45+,47+,48-/m1/s1. The summed E-state index contributed by atoms with van der Waals surface area (Å²) >= 11 is 0. The molecule has 0 aliphatic carbocycles. The summed E-state index contributed by atoms with van der Waals surface area (Å²) in [6, 6.07) is 19.5. The highest BCUT2D eigenvalue weighted by atomic mass is 16.7. The molecule has 4 rings (SSSR count). The maximum Gasteiger partial charge on any atom is 0.407 e. The first-order chi connectivity index (χ1) is 28.8. The lowest BCUT2D eigenvalue weighted by atomic mass is 9.72. The molecule has 0 unspecified atom stereocenters. The van der Waals surface area contributed by atoms with Crippen LogP contribution in [0.3, 0.4) is 0 Å². The number of hydrogen-bond donors (Lipinski definition) is 4. The molecule has 4 N–H and O–H groups in total. The number of unbranched alkanes of at least 4 members (excludes halogenated alkanes) is 1. The first-order valence-electron chi connectivity index (χ1n) is 22.3. The molecule has 0 spiro atoms. The van der Waals surface area contributed by atoms with Crippen LogP contribution in [0.25, 0.3) is 0 Å². The predicted octanol–water partition coefficient (Wildman–Crippen LogP) is 6.90. The number of ether oxygens (including phenoxy) is 4. The number of rotatable bonds is 13. The molecule has 13 nitrogen and oxygen atoms in total. The van der Waals surface area contributed by atoms with Gasteiger partial charge >= 0.3 is 12.1 Å². The number of aliphatic hydroxyl groups is 3. The largest absolute Gasteiger partial charge is 0.459 e. The average molecular weight is 854 g/mol. The number of nitrogens with zero attached hydrogens (tertiary/aromatic N) is 2. The number of esters is 1. The SMILES string of the molecule is CC[C@H]1OC(=O)[C@H](C)[C@@H](C)[C@H](C)[C@@H](O[C@@H]2O[C@H](C)C[C@H](N(C)C)[C@H]2OC(=O)NCc2ccccc2)[C@@](C)(O)C[C@@H](C)/C(=N/OCCCCc2ccccc2)[C@H](C)[C@@H](O)[C@]1(C)O. The van der Waals surface area contributed by atoms with Crippen molar-refractivity contribution in [1.29, 1.82) is 0 Å². The first-order valence-corrected chi connectivity index (χ1v) is 22.3. The Hall–Kier alpha value is -3.59. The molecule has 0 radical (unpaired) electrons. The fourth-order valence-corrected chi connectivity index (χ4v) is 9.07. The van der Waals surface area contributed by atoms with Crippen LogP contribution < -0.4 is 5.32 Å². The Balaban J connectivity index is 1.69. The molecule has 2 aliphatic heterocycles. The maximum absolute atomic E-state index is 13.9. The van der Waals surface area contributed by atoms with Crippen molar-refractivity contribution >= 4 is 17.8 Å². The highest BCUT2D eigenvalue weighted by molar-refractivity contribution is 5.88. The van der Waals surface area contributed by atoms with Crippen LogP contribution in [0.4, 0.5) is 4.79 Å². The third-order valence-electron chi connectivity index (χ3n) is 13.1. The Kier molecular flexibility index (Phi) is 18.6. The number of aliphatic hydroxyl groups excluding tert-OH is 1. The van der Waals surface area contributed by atoms with Gasteiger partial charge in [-0.1, -0.05) is 107 Å². The van der Waals surface area contributed by atoms with E-state index < -0.39 is 83.6 Å². The number of hydrogen-bond acceptors (Lipinski definition) is 12. The minimum Gasteiger partial charge on any atom is -0.459 e. The van der Waals surface area contributed by atoms with Gasteiger partial charge in [-0.3, -0.25) is 4.79 Å². The van der Waals surface area contributed by atoms with Crippen molar-refractivity contribution in [3.05, 3.63) is 71.8 Å². The van der Waals surface area contributed by atoms with Crippen LogP contribution >= 0.6 is 0 Å². The fraction of sp³-hybridized carbons (Fsp3) is 0.688. The van der Waals surface area contributed by atoms with E-state index in [1.54, 1.807) is 27.7 Å². The predicted molar refractivity (Wildman–Crippen MR) is 235 cm³/mol.